The van der Waals surface area contributed by atoms with Crippen molar-refractivity contribution < 1.29 is 13.6 Å². The van der Waals surface area contributed by atoms with Crippen molar-refractivity contribution in [1.82, 2.24) is 5.32 Å². The minimum atomic E-state index is -0.855. The number of carbonyl (C=O) groups excluding carboxylic acids is 1. The molecule has 0 radical (unpaired) electrons. The summed E-state index contributed by atoms with van der Waals surface area (Å²) in [6.07, 6.45) is 2.68. The van der Waals surface area contributed by atoms with Gasteiger partial charge in [0.25, 0.3) is 5.91 Å². The maximum absolute atomic E-state index is 13.6. The summed E-state index contributed by atoms with van der Waals surface area (Å²) in [6.45, 7) is 3.83. The van der Waals surface area contributed by atoms with Gasteiger partial charge in [0.15, 0.2) is 0 Å². The molecule has 0 heterocycles. The Morgan fingerprint density at radius 1 is 1.35 bits per heavy atom. The molecule has 0 aliphatic heterocycles. The molecule has 1 unspecified atom stereocenters. The van der Waals surface area contributed by atoms with Gasteiger partial charge in [0.05, 0.1) is 5.56 Å². The predicted molar refractivity (Wildman–Crippen MR) is 78.2 cm³/mol. The molecule has 1 atom stereocenters. The number of hydrogen-bond acceptors (Lipinski definition) is 2. The Hall–Kier alpha value is -1.20. The van der Waals surface area contributed by atoms with E-state index in [9.17, 15) is 13.6 Å². The SMILES string of the molecule is CCCCC(CN)NC(=O)c1cc(C)c(F)cc1F.Cl. The Balaban J connectivity index is 0.00000361. The molecule has 0 bridgehead atoms. The van der Waals surface area contributed by atoms with E-state index in [0.29, 0.717) is 6.54 Å². The first-order chi connectivity index (χ1) is 8.99. The van der Waals surface area contributed by atoms with Crippen molar-refractivity contribution in [2.24, 2.45) is 5.73 Å². The standard InChI is InChI=1S/C14H20F2N2O.ClH/c1-3-4-5-10(8-17)18-14(19)11-6-9(2)12(15)7-13(11)16;/h6-7,10H,3-5,8,17H2,1-2H3,(H,18,19);1H. The van der Waals surface area contributed by atoms with E-state index >= 15 is 0 Å². The summed E-state index contributed by atoms with van der Waals surface area (Å²) >= 11 is 0. The first-order valence-electron chi connectivity index (χ1n) is 6.46. The predicted octanol–water partition coefficient (Wildman–Crippen LogP) is 2.94. The first-order valence-corrected chi connectivity index (χ1v) is 6.46. The Morgan fingerprint density at radius 2 is 2.00 bits per heavy atom. The summed E-state index contributed by atoms with van der Waals surface area (Å²) < 4.78 is 26.7. The van der Waals surface area contributed by atoms with Crippen LogP contribution in [0.1, 0.15) is 42.1 Å². The van der Waals surface area contributed by atoms with Crippen LogP contribution in [-0.2, 0) is 0 Å². The summed E-state index contributed by atoms with van der Waals surface area (Å²) in [4.78, 5) is 11.9. The quantitative estimate of drug-likeness (QED) is 0.849. The van der Waals surface area contributed by atoms with Gasteiger partial charge in [-0.1, -0.05) is 19.8 Å². The molecule has 0 aromatic heterocycles. The number of aryl methyl sites for hydroxylation is 1. The maximum Gasteiger partial charge on any atom is 0.254 e. The van der Waals surface area contributed by atoms with Gasteiger partial charge in [0.1, 0.15) is 11.6 Å². The summed E-state index contributed by atoms with van der Waals surface area (Å²) in [5.74, 6) is -2.06. The maximum atomic E-state index is 13.6. The van der Waals surface area contributed by atoms with Crippen LogP contribution in [0.2, 0.25) is 0 Å². The smallest absolute Gasteiger partial charge is 0.254 e. The third-order valence-corrected chi connectivity index (χ3v) is 3.02. The number of unbranched alkanes of at least 4 members (excludes halogenated alkanes) is 1. The summed E-state index contributed by atoms with van der Waals surface area (Å²) in [5.41, 5.74) is 5.66. The second-order valence-electron chi connectivity index (χ2n) is 4.63. The normalized spacial score (nSPS) is 11.7. The van der Waals surface area contributed by atoms with E-state index in [4.69, 9.17) is 5.73 Å². The van der Waals surface area contributed by atoms with Gasteiger partial charge in [0, 0.05) is 18.7 Å². The van der Waals surface area contributed by atoms with Crippen molar-refractivity contribution in [2.75, 3.05) is 6.54 Å². The molecule has 3 nitrogen and oxygen atoms in total. The Labute approximate surface area is 124 Å². The Kier molecular flexibility index (Phi) is 8.34. The third-order valence-electron chi connectivity index (χ3n) is 3.02. The summed E-state index contributed by atoms with van der Waals surface area (Å²) in [6, 6.07) is 1.76. The fourth-order valence-corrected chi connectivity index (χ4v) is 1.79. The van der Waals surface area contributed by atoms with Crippen LogP contribution in [0, 0.1) is 18.6 Å². The summed E-state index contributed by atoms with van der Waals surface area (Å²) in [7, 11) is 0. The number of carbonyl (C=O) groups is 1. The first kappa shape index (κ1) is 18.8. The zero-order valence-electron chi connectivity index (χ0n) is 11.7. The van der Waals surface area contributed by atoms with E-state index in [1.54, 1.807) is 0 Å². The lowest BCUT2D eigenvalue weighted by atomic mass is 10.1. The van der Waals surface area contributed by atoms with Crippen LogP contribution in [0.3, 0.4) is 0 Å². The number of benzene rings is 1. The second kappa shape index (κ2) is 8.87. The lowest BCUT2D eigenvalue weighted by Crippen LogP contribution is -2.40. The van der Waals surface area contributed by atoms with Gasteiger partial charge in [-0.15, -0.1) is 12.4 Å². The van der Waals surface area contributed by atoms with Crippen LogP contribution in [0.15, 0.2) is 12.1 Å². The van der Waals surface area contributed by atoms with Crippen LogP contribution in [0.25, 0.3) is 0 Å². The molecule has 0 saturated heterocycles. The van der Waals surface area contributed by atoms with Crippen molar-refractivity contribution in [3.8, 4) is 0 Å². The monoisotopic (exact) mass is 306 g/mol. The molecule has 0 aliphatic rings. The Bertz CT molecular complexity index is 455. The highest BCUT2D eigenvalue weighted by Gasteiger charge is 2.17. The van der Waals surface area contributed by atoms with Crippen LogP contribution < -0.4 is 11.1 Å². The van der Waals surface area contributed by atoms with Crippen LogP contribution in [-0.4, -0.2) is 18.5 Å². The van der Waals surface area contributed by atoms with Gasteiger partial charge in [0.2, 0.25) is 0 Å². The van der Waals surface area contributed by atoms with Crippen molar-refractivity contribution in [2.45, 2.75) is 39.2 Å². The molecule has 20 heavy (non-hydrogen) atoms. The zero-order chi connectivity index (χ0) is 14.4. The Morgan fingerprint density at radius 3 is 2.55 bits per heavy atom. The molecule has 1 aromatic carbocycles. The number of amides is 1. The second-order valence-corrected chi connectivity index (χ2v) is 4.63. The van der Waals surface area contributed by atoms with Gasteiger partial charge < -0.3 is 11.1 Å². The van der Waals surface area contributed by atoms with Gasteiger partial charge in [-0.2, -0.15) is 0 Å². The average Bonchev–Trinajstić information content (AvgIpc) is 2.38. The van der Waals surface area contributed by atoms with E-state index in [-0.39, 0.29) is 29.6 Å². The van der Waals surface area contributed by atoms with Crippen molar-refractivity contribution in [1.29, 1.82) is 0 Å². The highest BCUT2D eigenvalue weighted by Crippen LogP contribution is 2.14. The van der Waals surface area contributed by atoms with Gasteiger partial charge in [-0.3, -0.25) is 4.79 Å². The number of rotatable bonds is 6. The summed E-state index contributed by atoms with van der Waals surface area (Å²) in [5, 5.41) is 2.68. The van der Waals surface area contributed by atoms with Gasteiger partial charge in [-0.05, 0) is 25.0 Å². The highest BCUT2D eigenvalue weighted by atomic mass is 35.5. The lowest BCUT2D eigenvalue weighted by molar-refractivity contribution is 0.0931. The molecule has 114 valence electrons. The van der Waals surface area contributed by atoms with Crippen molar-refractivity contribution in [3.63, 3.8) is 0 Å². The molecule has 1 amide bonds. The largest absolute Gasteiger partial charge is 0.348 e. The highest BCUT2D eigenvalue weighted by molar-refractivity contribution is 5.94. The van der Waals surface area contributed by atoms with E-state index in [1.807, 2.05) is 6.92 Å². The van der Waals surface area contributed by atoms with E-state index < -0.39 is 17.5 Å². The molecular formula is C14H21ClF2N2O. The van der Waals surface area contributed by atoms with Gasteiger partial charge in [-0.25, -0.2) is 8.78 Å². The molecule has 1 rings (SSSR count). The molecule has 6 heteroatoms. The molecular weight excluding hydrogens is 286 g/mol. The molecule has 1 aromatic rings. The van der Waals surface area contributed by atoms with Crippen molar-refractivity contribution >= 4 is 18.3 Å². The molecule has 3 N–H and O–H groups in total. The molecule has 0 spiro atoms. The van der Waals surface area contributed by atoms with E-state index in [2.05, 4.69) is 5.32 Å². The molecule has 0 fully saturated rings. The number of nitrogens with one attached hydrogen (secondary N) is 1. The molecule has 0 aliphatic carbocycles. The average molecular weight is 307 g/mol. The van der Waals surface area contributed by atoms with Crippen LogP contribution in [0.4, 0.5) is 8.78 Å². The van der Waals surface area contributed by atoms with Gasteiger partial charge >= 0.3 is 0 Å². The fourth-order valence-electron chi connectivity index (χ4n) is 1.79. The zero-order valence-corrected chi connectivity index (χ0v) is 12.5. The topological polar surface area (TPSA) is 55.1 Å². The van der Waals surface area contributed by atoms with Crippen LogP contribution >= 0.6 is 12.4 Å². The number of hydrogen-bond donors (Lipinski definition) is 2. The number of halogens is 3. The number of nitrogens with two attached hydrogens (primary N) is 1. The lowest BCUT2D eigenvalue weighted by Gasteiger charge is -2.17. The van der Waals surface area contributed by atoms with E-state index in [0.717, 1.165) is 25.3 Å². The van der Waals surface area contributed by atoms with Crippen molar-refractivity contribution in [3.05, 3.63) is 34.9 Å². The van der Waals surface area contributed by atoms with Crippen LogP contribution in [0.5, 0.6) is 0 Å². The fraction of sp³-hybridized carbons (Fsp3) is 0.500. The molecule has 0 saturated carbocycles. The van der Waals surface area contributed by atoms with E-state index in [1.165, 1.54) is 13.0 Å². The minimum absolute atomic E-state index is 0. The third kappa shape index (κ3) is 5.06. The minimum Gasteiger partial charge on any atom is -0.348 e.